The second-order valence-electron chi connectivity index (χ2n) is 5.43. The molecular weight excluding hydrogens is 262 g/mol. The van der Waals surface area contributed by atoms with Crippen molar-refractivity contribution < 1.29 is 23.7 Å². The molecule has 0 aromatic heterocycles. The smallest absolute Gasteiger partial charge is 0.308 e. The number of ether oxygens (including phenoxy) is 4. The number of hydrogen-bond acceptors (Lipinski definition) is 6. The monoisotopic (exact) mass is 287 g/mol. The van der Waals surface area contributed by atoms with Gasteiger partial charge in [0.25, 0.3) is 0 Å². The standard InChI is InChI=1S/C14H25NO5/c1-17-14(16)10-8-11(15)12(9-10)18-6-7-20-13-4-2-3-5-19-13/h10-13H,2-9,15H2,1H3/t10?,11-,12-,13?/m0/s1. The van der Waals surface area contributed by atoms with Crippen molar-refractivity contribution in [2.24, 2.45) is 11.7 Å². The van der Waals surface area contributed by atoms with Crippen LogP contribution in [-0.2, 0) is 23.7 Å². The Bertz CT molecular complexity index is 306. The highest BCUT2D eigenvalue weighted by molar-refractivity contribution is 5.72. The maximum atomic E-state index is 11.5. The quantitative estimate of drug-likeness (QED) is 0.575. The Morgan fingerprint density at radius 2 is 2.05 bits per heavy atom. The van der Waals surface area contributed by atoms with Crippen LogP contribution in [0.15, 0.2) is 0 Å². The highest BCUT2D eigenvalue weighted by Crippen LogP contribution is 2.28. The van der Waals surface area contributed by atoms with Crippen molar-refractivity contribution in [1.29, 1.82) is 0 Å². The fourth-order valence-corrected chi connectivity index (χ4v) is 2.80. The molecule has 116 valence electrons. The Hall–Kier alpha value is -0.690. The average Bonchev–Trinajstić information content (AvgIpc) is 2.85. The zero-order valence-electron chi connectivity index (χ0n) is 12.1. The van der Waals surface area contributed by atoms with Crippen LogP contribution in [0.2, 0.25) is 0 Å². The summed E-state index contributed by atoms with van der Waals surface area (Å²) in [6.45, 7) is 1.75. The van der Waals surface area contributed by atoms with Crippen LogP contribution in [-0.4, -0.2) is 51.3 Å². The molecule has 6 heteroatoms. The number of nitrogens with two attached hydrogens (primary N) is 1. The van der Waals surface area contributed by atoms with Crippen molar-refractivity contribution in [2.75, 3.05) is 26.9 Å². The molecule has 0 radical (unpaired) electrons. The maximum Gasteiger partial charge on any atom is 0.308 e. The third-order valence-corrected chi connectivity index (χ3v) is 3.94. The second kappa shape index (κ2) is 7.93. The lowest BCUT2D eigenvalue weighted by atomic mass is 10.1. The molecule has 2 fully saturated rings. The van der Waals surface area contributed by atoms with Gasteiger partial charge in [0, 0.05) is 12.6 Å². The number of carbonyl (C=O) groups excluding carboxylic acids is 1. The molecule has 1 heterocycles. The topological polar surface area (TPSA) is 80.0 Å². The lowest BCUT2D eigenvalue weighted by molar-refractivity contribution is -0.171. The molecule has 0 aromatic rings. The van der Waals surface area contributed by atoms with Crippen LogP contribution in [0.3, 0.4) is 0 Å². The molecule has 2 unspecified atom stereocenters. The lowest BCUT2D eigenvalue weighted by Crippen LogP contribution is -2.32. The summed E-state index contributed by atoms with van der Waals surface area (Å²) in [5.41, 5.74) is 5.99. The van der Waals surface area contributed by atoms with Crippen LogP contribution in [0.25, 0.3) is 0 Å². The van der Waals surface area contributed by atoms with Gasteiger partial charge in [-0.2, -0.15) is 0 Å². The second-order valence-corrected chi connectivity index (χ2v) is 5.43. The Kier molecular flexibility index (Phi) is 6.22. The van der Waals surface area contributed by atoms with Crippen LogP contribution in [0.5, 0.6) is 0 Å². The SMILES string of the molecule is COC(=O)C1C[C@H](OCCOC2CCCCO2)[C@@H](N)C1. The van der Waals surface area contributed by atoms with Crippen molar-refractivity contribution in [3.63, 3.8) is 0 Å². The van der Waals surface area contributed by atoms with E-state index >= 15 is 0 Å². The van der Waals surface area contributed by atoms with Gasteiger partial charge in [0.1, 0.15) is 0 Å². The summed E-state index contributed by atoms with van der Waals surface area (Å²) < 4.78 is 21.5. The molecule has 0 amide bonds. The Labute approximate surface area is 119 Å². The van der Waals surface area contributed by atoms with Gasteiger partial charge in [-0.1, -0.05) is 0 Å². The molecule has 1 saturated heterocycles. The molecule has 1 aliphatic heterocycles. The fraction of sp³-hybridized carbons (Fsp3) is 0.929. The van der Waals surface area contributed by atoms with Gasteiger partial charge in [-0.3, -0.25) is 4.79 Å². The van der Waals surface area contributed by atoms with Gasteiger partial charge in [0.15, 0.2) is 6.29 Å². The van der Waals surface area contributed by atoms with Crippen molar-refractivity contribution in [3.05, 3.63) is 0 Å². The number of carbonyl (C=O) groups is 1. The zero-order chi connectivity index (χ0) is 14.4. The van der Waals surface area contributed by atoms with E-state index in [0.717, 1.165) is 25.9 Å². The normalized spacial score (nSPS) is 34.1. The minimum absolute atomic E-state index is 0.0880. The lowest BCUT2D eigenvalue weighted by Gasteiger charge is -2.23. The first-order chi connectivity index (χ1) is 9.70. The van der Waals surface area contributed by atoms with Gasteiger partial charge < -0.3 is 24.7 Å². The van der Waals surface area contributed by atoms with E-state index < -0.39 is 0 Å². The predicted octanol–water partition coefficient (Wildman–Crippen LogP) is 0.825. The highest BCUT2D eigenvalue weighted by atomic mass is 16.7. The molecule has 0 spiro atoms. The molecule has 6 nitrogen and oxygen atoms in total. The van der Waals surface area contributed by atoms with E-state index in [2.05, 4.69) is 0 Å². The number of methoxy groups -OCH3 is 1. The van der Waals surface area contributed by atoms with E-state index in [-0.39, 0.29) is 30.3 Å². The third-order valence-electron chi connectivity index (χ3n) is 3.94. The van der Waals surface area contributed by atoms with E-state index in [9.17, 15) is 4.79 Å². The Balaban J connectivity index is 1.60. The molecule has 2 aliphatic rings. The van der Waals surface area contributed by atoms with Crippen LogP contribution >= 0.6 is 0 Å². The minimum Gasteiger partial charge on any atom is -0.469 e. The minimum atomic E-state index is -0.196. The first-order valence-electron chi connectivity index (χ1n) is 7.39. The van der Waals surface area contributed by atoms with E-state index in [0.29, 0.717) is 26.1 Å². The Morgan fingerprint density at radius 3 is 2.75 bits per heavy atom. The van der Waals surface area contributed by atoms with Gasteiger partial charge in [0.2, 0.25) is 0 Å². The highest BCUT2D eigenvalue weighted by Gasteiger charge is 2.37. The summed E-state index contributed by atoms with van der Waals surface area (Å²) in [6, 6.07) is -0.106. The van der Waals surface area contributed by atoms with Crippen LogP contribution < -0.4 is 5.73 Å². The number of hydrogen-bond donors (Lipinski definition) is 1. The molecule has 1 aliphatic carbocycles. The van der Waals surface area contributed by atoms with Crippen molar-refractivity contribution in [3.8, 4) is 0 Å². The maximum absolute atomic E-state index is 11.5. The van der Waals surface area contributed by atoms with Gasteiger partial charge in [-0.15, -0.1) is 0 Å². The van der Waals surface area contributed by atoms with Gasteiger partial charge >= 0.3 is 5.97 Å². The van der Waals surface area contributed by atoms with E-state index in [1.165, 1.54) is 7.11 Å². The molecule has 1 saturated carbocycles. The largest absolute Gasteiger partial charge is 0.469 e. The molecule has 2 rings (SSSR count). The molecule has 0 bridgehead atoms. The fourth-order valence-electron chi connectivity index (χ4n) is 2.80. The van der Waals surface area contributed by atoms with Crippen LogP contribution in [0, 0.1) is 5.92 Å². The van der Waals surface area contributed by atoms with Gasteiger partial charge in [0.05, 0.1) is 32.3 Å². The molecule has 20 heavy (non-hydrogen) atoms. The van der Waals surface area contributed by atoms with Gasteiger partial charge in [-0.25, -0.2) is 0 Å². The van der Waals surface area contributed by atoms with E-state index in [1.54, 1.807) is 0 Å². The van der Waals surface area contributed by atoms with E-state index in [4.69, 9.17) is 24.7 Å². The van der Waals surface area contributed by atoms with Crippen LogP contribution in [0.4, 0.5) is 0 Å². The molecular formula is C14H25NO5. The van der Waals surface area contributed by atoms with Crippen LogP contribution in [0.1, 0.15) is 32.1 Å². The van der Waals surface area contributed by atoms with E-state index in [1.807, 2.05) is 0 Å². The third kappa shape index (κ3) is 4.41. The molecule has 0 aromatic carbocycles. The summed E-state index contributed by atoms with van der Waals surface area (Å²) in [6.07, 6.45) is 4.30. The summed E-state index contributed by atoms with van der Waals surface area (Å²) >= 11 is 0. The number of rotatable bonds is 6. The summed E-state index contributed by atoms with van der Waals surface area (Å²) in [7, 11) is 1.40. The zero-order valence-corrected chi connectivity index (χ0v) is 12.1. The van der Waals surface area contributed by atoms with Crippen molar-refractivity contribution in [1.82, 2.24) is 0 Å². The van der Waals surface area contributed by atoms with Gasteiger partial charge in [-0.05, 0) is 32.1 Å². The predicted molar refractivity (Wildman–Crippen MR) is 72.0 cm³/mol. The first kappa shape index (κ1) is 15.7. The first-order valence-corrected chi connectivity index (χ1v) is 7.39. The summed E-state index contributed by atoms with van der Waals surface area (Å²) in [4.78, 5) is 11.5. The van der Waals surface area contributed by atoms with Crippen molar-refractivity contribution >= 4 is 5.97 Å². The molecule has 2 N–H and O–H groups in total. The van der Waals surface area contributed by atoms with Crippen molar-refractivity contribution in [2.45, 2.75) is 50.5 Å². The average molecular weight is 287 g/mol. The molecule has 4 atom stereocenters. The Morgan fingerprint density at radius 1 is 1.25 bits per heavy atom. The summed E-state index contributed by atoms with van der Waals surface area (Å²) in [5, 5.41) is 0. The number of esters is 1. The summed E-state index contributed by atoms with van der Waals surface area (Å²) in [5.74, 6) is -0.332.